The molecule has 4 rings (SSSR count). The van der Waals surface area contributed by atoms with Gasteiger partial charge in [-0.05, 0) is 56.4 Å². The number of ether oxygens (including phenoxy) is 1. The fraction of sp³-hybridized carbons (Fsp3) is 0.320. The van der Waals surface area contributed by atoms with E-state index in [0.717, 1.165) is 46.7 Å². The maximum atomic E-state index is 12.9. The summed E-state index contributed by atoms with van der Waals surface area (Å²) in [6.45, 7) is 2.52. The average Bonchev–Trinajstić information content (AvgIpc) is 3.22. The van der Waals surface area contributed by atoms with Gasteiger partial charge in [-0.25, -0.2) is 4.98 Å². The van der Waals surface area contributed by atoms with Crippen molar-refractivity contribution in [3.05, 3.63) is 75.8 Å². The van der Waals surface area contributed by atoms with Crippen molar-refractivity contribution < 1.29 is 14.3 Å². The third-order valence-corrected chi connectivity index (χ3v) is 6.74. The van der Waals surface area contributed by atoms with Gasteiger partial charge in [0.1, 0.15) is 5.75 Å². The first kappa shape index (κ1) is 22.0. The Labute approximate surface area is 192 Å². The zero-order chi connectivity index (χ0) is 22.5. The summed E-state index contributed by atoms with van der Waals surface area (Å²) in [6, 6.07) is 15.3. The first-order chi connectivity index (χ1) is 15.5. The number of rotatable bonds is 7. The van der Waals surface area contributed by atoms with Crippen molar-refractivity contribution in [3.8, 4) is 5.75 Å². The molecule has 0 saturated heterocycles. The Morgan fingerprint density at radius 3 is 2.72 bits per heavy atom. The molecule has 7 heteroatoms. The van der Waals surface area contributed by atoms with Crippen molar-refractivity contribution in [2.24, 2.45) is 0 Å². The first-order valence-corrected chi connectivity index (χ1v) is 11.6. The number of hydrogen-bond acceptors (Lipinski definition) is 5. The summed E-state index contributed by atoms with van der Waals surface area (Å²) >= 11 is 1.47. The molecule has 1 aliphatic rings. The van der Waals surface area contributed by atoms with Gasteiger partial charge in [-0.3, -0.25) is 14.9 Å². The van der Waals surface area contributed by atoms with Crippen LogP contribution < -0.4 is 15.4 Å². The lowest BCUT2D eigenvalue weighted by molar-refractivity contribution is -0.122. The van der Waals surface area contributed by atoms with Crippen molar-refractivity contribution in [3.63, 3.8) is 0 Å². The SMILES string of the molecule is COc1ccccc1CCNC(=O)C1CCCc2sc(NC(=O)c3ccc(C)cc3)nc21. The maximum Gasteiger partial charge on any atom is 0.257 e. The van der Waals surface area contributed by atoms with Crippen molar-refractivity contribution >= 4 is 28.3 Å². The Morgan fingerprint density at radius 1 is 1.16 bits per heavy atom. The van der Waals surface area contributed by atoms with Crippen LogP contribution in [0.15, 0.2) is 48.5 Å². The fourth-order valence-electron chi connectivity index (χ4n) is 3.95. The van der Waals surface area contributed by atoms with Crippen molar-refractivity contribution in [1.29, 1.82) is 0 Å². The maximum absolute atomic E-state index is 12.9. The van der Waals surface area contributed by atoms with Crippen LogP contribution in [-0.2, 0) is 17.6 Å². The smallest absolute Gasteiger partial charge is 0.257 e. The molecule has 166 valence electrons. The van der Waals surface area contributed by atoms with Crippen LogP contribution in [0.4, 0.5) is 5.13 Å². The molecular weight excluding hydrogens is 422 g/mol. The quantitative estimate of drug-likeness (QED) is 0.557. The highest BCUT2D eigenvalue weighted by atomic mass is 32.1. The summed E-state index contributed by atoms with van der Waals surface area (Å²) in [6.07, 6.45) is 3.29. The van der Waals surface area contributed by atoms with E-state index in [0.29, 0.717) is 23.7 Å². The molecule has 0 bridgehead atoms. The number of amides is 2. The summed E-state index contributed by atoms with van der Waals surface area (Å²) < 4.78 is 5.38. The molecule has 1 unspecified atom stereocenters. The second-order valence-electron chi connectivity index (χ2n) is 7.95. The van der Waals surface area contributed by atoms with E-state index in [1.807, 2.05) is 43.3 Å². The van der Waals surface area contributed by atoms with Gasteiger partial charge in [-0.15, -0.1) is 11.3 Å². The standard InChI is InChI=1S/C25H27N3O3S/c1-16-10-12-18(13-11-16)23(29)28-25-27-22-19(7-5-9-21(22)32-25)24(30)26-15-14-17-6-3-4-8-20(17)31-2/h3-4,6,8,10-13,19H,5,7,9,14-15H2,1-2H3,(H,26,30)(H,27,28,29). The van der Waals surface area contributed by atoms with E-state index >= 15 is 0 Å². The third-order valence-electron chi connectivity index (χ3n) is 5.69. The minimum atomic E-state index is -0.280. The van der Waals surface area contributed by atoms with E-state index < -0.39 is 0 Å². The highest BCUT2D eigenvalue weighted by molar-refractivity contribution is 7.16. The number of para-hydroxylation sites is 1. The number of benzene rings is 2. The zero-order valence-corrected chi connectivity index (χ0v) is 19.1. The van der Waals surface area contributed by atoms with Crippen LogP contribution >= 0.6 is 11.3 Å². The molecule has 1 aromatic heterocycles. The molecule has 0 fully saturated rings. The molecule has 3 aromatic rings. The molecule has 32 heavy (non-hydrogen) atoms. The molecule has 2 aromatic carbocycles. The number of carbonyl (C=O) groups excluding carboxylic acids is 2. The second-order valence-corrected chi connectivity index (χ2v) is 9.03. The lowest BCUT2D eigenvalue weighted by atomic mass is 9.90. The average molecular weight is 450 g/mol. The third kappa shape index (κ3) is 4.99. The van der Waals surface area contributed by atoms with E-state index in [9.17, 15) is 9.59 Å². The number of fused-ring (bicyclic) bond motifs is 1. The number of methoxy groups -OCH3 is 1. The Balaban J connectivity index is 1.39. The van der Waals surface area contributed by atoms with Crippen LogP contribution in [0.5, 0.6) is 5.75 Å². The van der Waals surface area contributed by atoms with Gasteiger partial charge < -0.3 is 10.1 Å². The van der Waals surface area contributed by atoms with Crippen LogP contribution in [-0.4, -0.2) is 30.5 Å². The lowest BCUT2D eigenvalue weighted by Gasteiger charge is -2.20. The molecule has 1 atom stereocenters. The van der Waals surface area contributed by atoms with Gasteiger partial charge >= 0.3 is 0 Å². The summed E-state index contributed by atoms with van der Waals surface area (Å²) in [5.74, 6) is 0.351. The molecular formula is C25H27N3O3S. The van der Waals surface area contributed by atoms with Crippen molar-refractivity contribution in [2.75, 3.05) is 19.0 Å². The predicted octanol–water partition coefficient (Wildman–Crippen LogP) is 4.49. The molecule has 2 N–H and O–H groups in total. The van der Waals surface area contributed by atoms with Gasteiger partial charge in [-0.1, -0.05) is 35.9 Å². The van der Waals surface area contributed by atoms with Crippen molar-refractivity contribution in [2.45, 2.75) is 38.5 Å². The summed E-state index contributed by atoms with van der Waals surface area (Å²) in [5, 5.41) is 6.50. The van der Waals surface area contributed by atoms with Crippen LogP contribution in [0.2, 0.25) is 0 Å². The summed E-state index contributed by atoms with van der Waals surface area (Å²) in [4.78, 5) is 31.2. The Bertz CT molecular complexity index is 1110. The highest BCUT2D eigenvalue weighted by Crippen LogP contribution is 2.37. The highest BCUT2D eigenvalue weighted by Gasteiger charge is 2.30. The number of nitrogens with zero attached hydrogens (tertiary/aromatic N) is 1. The largest absolute Gasteiger partial charge is 0.496 e. The number of thiazole rings is 1. The molecule has 0 spiro atoms. The molecule has 2 amide bonds. The normalized spacial score (nSPS) is 15.0. The van der Waals surface area contributed by atoms with E-state index in [1.165, 1.54) is 11.3 Å². The molecule has 1 heterocycles. The van der Waals surface area contributed by atoms with E-state index in [-0.39, 0.29) is 17.7 Å². The molecule has 0 aliphatic heterocycles. The monoisotopic (exact) mass is 449 g/mol. The number of anilines is 1. The molecule has 1 aliphatic carbocycles. The summed E-state index contributed by atoms with van der Waals surface area (Å²) in [5.41, 5.74) is 3.56. The fourth-order valence-corrected chi connectivity index (χ4v) is 5.01. The van der Waals surface area contributed by atoms with Gasteiger partial charge in [0.2, 0.25) is 5.91 Å². The first-order valence-electron chi connectivity index (χ1n) is 10.8. The van der Waals surface area contributed by atoms with Gasteiger partial charge in [-0.2, -0.15) is 0 Å². The van der Waals surface area contributed by atoms with Crippen LogP contribution in [0.3, 0.4) is 0 Å². The lowest BCUT2D eigenvalue weighted by Crippen LogP contribution is -2.32. The number of aromatic nitrogens is 1. The minimum absolute atomic E-state index is 0.0115. The Hall–Kier alpha value is -3.19. The van der Waals surface area contributed by atoms with Crippen molar-refractivity contribution in [1.82, 2.24) is 10.3 Å². The predicted molar refractivity (Wildman–Crippen MR) is 127 cm³/mol. The van der Waals surface area contributed by atoms with Crippen LogP contribution in [0, 0.1) is 6.92 Å². The van der Waals surface area contributed by atoms with E-state index in [1.54, 1.807) is 19.2 Å². The second kappa shape index (κ2) is 9.96. The van der Waals surface area contributed by atoms with Gasteiger partial charge in [0.05, 0.1) is 18.7 Å². The topological polar surface area (TPSA) is 80.3 Å². The number of hydrogen-bond donors (Lipinski definition) is 2. The Kier molecular flexibility index (Phi) is 6.85. The molecule has 0 radical (unpaired) electrons. The zero-order valence-electron chi connectivity index (χ0n) is 18.3. The summed E-state index contributed by atoms with van der Waals surface area (Å²) in [7, 11) is 1.65. The minimum Gasteiger partial charge on any atom is -0.496 e. The van der Waals surface area contributed by atoms with E-state index in [4.69, 9.17) is 4.74 Å². The number of aryl methyl sites for hydroxylation is 2. The molecule has 0 saturated carbocycles. The van der Waals surface area contributed by atoms with Gasteiger partial charge in [0, 0.05) is 17.0 Å². The Morgan fingerprint density at radius 2 is 1.94 bits per heavy atom. The van der Waals surface area contributed by atoms with Gasteiger partial charge in [0.25, 0.3) is 5.91 Å². The number of carbonyl (C=O) groups is 2. The van der Waals surface area contributed by atoms with Gasteiger partial charge in [0.15, 0.2) is 5.13 Å². The number of nitrogens with one attached hydrogen (secondary N) is 2. The van der Waals surface area contributed by atoms with Crippen LogP contribution in [0.1, 0.15) is 50.8 Å². The van der Waals surface area contributed by atoms with Crippen LogP contribution in [0.25, 0.3) is 0 Å². The van der Waals surface area contributed by atoms with E-state index in [2.05, 4.69) is 15.6 Å². The molecule has 6 nitrogen and oxygen atoms in total.